The van der Waals surface area contributed by atoms with Crippen molar-refractivity contribution >= 4 is 11.0 Å². The Morgan fingerprint density at radius 2 is 1.66 bits per heavy atom. The summed E-state index contributed by atoms with van der Waals surface area (Å²) in [4.78, 5) is 2.77. The molecule has 1 aromatic carbocycles. The van der Waals surface area contributed by atoms with Gasteiger partial charge >= 0.3 is 0 Å². The molecule has 32 heavy (non-hydrogen) atoms. The average Bonchev–Trinajstić information content (AvgIpc) is 3.32. The smallest absolute Gasteiger partial charge is 0.170 e. The normalized spacial score (nSPS) is 25.0. The first kappa shape index (κ1) is 22.4. The zero-order chi connectivity index (χ0) is 22.7. The van der Waals surface area contributed by atoms with Crippen molar-refractivity contribution in [3.05, 3.63) is 29.0 Å². The van der Waals surface area contributed by atoms with Gasteiger partial charge in [0.05, 0.1) is 5.69 Å². The number of aromatic nitrogens is 1. The molecule has 0 N–H and O–H groups in total. The zero-order valence-corrected chi connectivity index (χ0v) is 21.4. The molecule has 5 rings (SSSR count). The van der Waals surface area contributed by atoms with Crippen LogP contribution in [-0.2, 0) is 18.3 Å². The van der Waals surface area contributed by atoms with E-state index in [1.807, 2.05) is 0 Å². The summed E-state index contributed by atoms with van der Waals surface area (Å²) in [5.74, 6) is 1.65. The Balaban J connectivity index is 1.19. The molecule has 0 amide bonds. The molecule has 1 atom stereocenters. The summed E-state index contributed by atoms with van der Waals surface area (Å²) in [6.45, 7) is 17.8. The molecule has 3 heteroatoms. The van der Waals surface area contributed by atoms with E-state index in [9.17, 15) is 0 Å². The Labute approximate surface area is 195 Å². The summed E-state index contributed by atoms with van der Waals surface area (Å²) in [5.41, 5.74) is 6.25. The lowest BCUT2D eigenvalue weighted by Gasteiger charge is -2.48. The molecule has 3 aliphatic rings. The second-order valence-electron chi connectivity index (χ2n) is 13.6. The summed E-state index contributed by atoms with van der Waals surface area (Å²) in [5, 5.41) is 5.69. The third-order valence-electron chi connectivity index (χ3n) is 9.26. The Kier molecular flexibility index (Phi) is 5.51. The van der Waals surface area contributed by atoms with Crippen LogP contribution in [0.4, 0.5) is 0 Å². The zero-order valence-electron chi connectivity index (χ0n) is 21.4. The Bertz CT molecular complexity index is 955. The highest BCUT2D eigenvalue weighted by Gasteiger charge is 2.41. The molecular weight excluding hydrogens is 392 g/mol. The summed E-state index contributed by atoms with van der Waals surface area (Å²) in [6.07, 6.45) is 11.0. The van der Waals surface area contributed by atoms with Crippen LogP contribution in [0.25, 0.3) is 11.0 Å². The van der Waals surface area contributed by atoms with Gasteiger partial charge in [-0.2, -0.15) is 0 Å². The van der Waals surface area contributed by atoms with Crippen LogP contribution in [0, 0.1) is 22.7 Å². The van der Waals surface area contributed by atoms with Crippen molar-refractivity contribution in [2.45, 2.75) is 98.3 Å². The van der Waals surface area contributed by atoms with Gasteiger partial charge in [-0.3, -0.25) is 0 Å². The van der Waals surface area contributed by atoms with Crippen molar-refractivity contribution in [2.75, 3.05) is 19.6 Å². The van der Waals surface area contributed by atoms with Gasteiger partial charge in [0.25, 0.3) is 0 Å². The highest BCUT2D eigenvalue weighted by Crippen LogP contribution is 2.50. The minimum atomic E-state index is 0.0211. The second-order valence-corrected chi connectivity index (χ2v) is 13.6. The van der Waals surface area contributed by atoms with Crippen LogP contribution in [-0.4, -0.2) is 29.7 Å². The predicted octanol–water partition coefficient (Wildman–Crippen LogP) is 7.16. The van der Waals surface area contributed by atoms with Crippen molar-refractivity contribution in [1.82, 2.24) is 10.1 Å². The molecule has 1 aromatic heterocycles. The van der Waals surface area contributed by atoms with Crippen molar-refractivity contribution in [3.63, 3.8) is 0 Å². The third-order valence-corrected chi connectivity index (χ3v) is 9.26. The van der Waals surface area contributed by atoms with E-state index < -0.39 is 0 Å². The summed E-state index contributed by atoms with van der Waals surface area (Å²) >= 11 is 0. The van der Waals surface area contributed by atoms with Gasteiger partial charge in [0, 0.05) is 22.9 Å². The largest absolute Gasteiger partial charge is 0.356 e. The van der Waals surface area contributed by atoms with Gasteiger partial charge in [-0.05, 0) is 98.8 Å². The number of piperidine rings is 1. The van der Waals surface area contributed by atoms with Crippen molar-refractivity contribution < 1.29 is 4.52 Å². The first-order valence-electron chi connectivity index (χ1n) is 13.2. The maximum absolute atomic E-state index is 5.90. The fourth-order valence-electron chi connectivity index (χ4n) is 7.03. The molecule has 3 nitrogen and oxygen atoms in total. The number of hydrogen-bond acceptors (Lipinski definition) is 3. The highest BCUT2D eigenvalue weighted by molar-refractivity contribution is 5.85. The van der Waals surface area contributed by atoms with E-state index in [2.05, 4.69) is 63.7 Å². The topological polar surface area (TPSA) is 29.3 Å². The van der Waals surface area contributed by atoms with Crippen molar-refractivity contribution in [1.29, 1.82) is 0 Å². The van der Waals surface area contributed by atoms with Gasteiger partial charge < -0.3 is 9.42 Å². The van der Waals surface area contributed by atoms with Crippen LogP contribution >= 0.6 is 0 Å². The van der Waals surface area contributed by atoms with Gasteiger partial charge in [-0.1, -0.05) is 52.8 Å². The van der Waals surface area contributed by atoms with Crippen LogP contribution in [0.15, 0.2) is 16.7 Å². The molecule has 176 valence electrons. The van der Waals surface area contributed by atoms with E-state index in [-0.39, 0.29) is 5.41 Å². The molecule has 2 aliphatic carbocycles. The van der Waals surface area contributed by atoms with Crippen molar-refractivity contribution in [3.8, 4) is 0 Å². The SMILES string of the molecule is CC(C)(C)c1noc2c3c(ccc12)CC(CN1CCC2(CCC(C(C)(C)C)CC2)CC1)C3. The van der Waals surface area contributed by atoms with E-state index in [4.69, 9.17) is 4.52 Å². The Morgan fingerprint density at radius 3 is 2.28 bits per heavy atom. The Morgan fingerprint density at radius 1 is 0.969 bits per heavy atom. The molecule has 1 saturated heterocycles. The first-order chi connectivity index (χ1) is 15.0. The van der Waals surface area contributed by atoms with E-state index in [0.717, 1.165) is 29.5 Å². The minimum absolute atomic E-state index is 0.0211. The van der Waals surface area contributed by atoms with Crippen LogP contribution < -0.4 is 0 Å². The number of nitrogens with zero attached hydrogens (tertiary/aromatic N) is 2. The summed E-state index contributed by atoms with van der Waals surface area (Å²) in [6, 6.07) is 4.61. The molecule has 0 radical (unpaired) electrons. The lowest BCUT2D eigenvalue weighted by atomic mass is 9.61. The monoisotopic (exact) mass is 436 g/mol. The van der Waals surface area contributed by atoms with Crippen LogP contribution in [0.5, 0.6) is 0 Å². The second kappa shape index (κ2) is 7.86. The average molecular weight is 437 g/mol. The van der Waals surface area contributed by atoms with Gasteiger partial charge in [-0.25, -0.2) is 0 Å². The molecule has 1 saturated carbocycles. The molecule has 2 heterocycles. The van der Waals surface area contributed by atoms with Crippen LogP contribution in [0.3, 0.4) is 0 Å². The van der Waals surface area contributed by atoms with E-state index in [1.54, 1.807) is 0 Å². The van der Waals surface area contributed by atoms with E-state index >= 15 is 0 Å². The fourth-order valence-corrected chi connectivity index (χ4v) is 7.03. The van der Waals surface area contributed by atoms with Gasteiger partial charge in [0.1, 0.15) is 0 Å². The number of likely N-dealkylation sites (tertiary alicyclic amines) is 1. The fraction of sp³-hybridized carbons (Fsp3) is 0.759. The minimum Gasteiger partial charge on any atom is -0.356 e. The Hall–Kier alpha value is -1.35. The highest BCUT2D eigenvalue weighted by atomic mass is 16.5. The molecule has 0 bridgehead atoms. The van der Waals surface area contributed by atoms with Crippen molar-refractivity contribution in [2.24, 2.45) is 22.7 Å². The van der Waals surface area contributed by atoms with Gasteiger partial charge in [0.2, 0.25) is 0 Å². The van der Waals surface area contributed by atoms with E-state index in [1.165, 1.54) is 81.1 Å². The molecule has 1 spiro atoms. The standard InChI is InChI=1S/C29H44N2O/c1-27(2,3)22-9-11-29(12-10-22)13-15-31(16-14-29)19-20-17-21-7-8-23-25(24(21)18-20)32-30-26(23)28(4,5)6/h7-8,20,22H,9-19H2,1-6H3. The lowest BCUT2D eigenvalue weighted by Crippen LogP contribution is -2.44. The van der Waals surface area contributed by atoms with Crippen LogP contribution in [0.2, 0.25) is 0 Å². The van der Waals surface area contributed by atoms with Gasteiger partial charge in [-0.15, -0.1) is 0 Å². The first-order valence-corrected chi connectivity index (χ1v) is 13.2. The third kappa shape index (κ3) is 4.15. The maximum atomic E-state index is 5.90. The molecule has 1 unspecified atom stereocenters. The number of fused-ring (bicyclic) bond motifs is 3. The number of hydrogen-bond donors (Lipinski definition) is 0. The van der Waals surface area contributed by atoms with E-state index in [0.29, 0.717) is 10.8 Å². The summed E-state index contributed by atoms with van der Waals surface area (Å²) in [7, 11) is 0. The maximum Gasteiger partial charge on any atom is 0.170 e. The predicted molar refractivity (Wildman–Crippen MR) is 133 cm³/mol. The molecule has 1 aliphatic heterocycles. The summed E-state index contributed by atoms with van der Waals surface area (Å²) < 4.78 is 5.90. The number of benzene rings is 1. The molecule has 2 fully saturated rings. The lowest BCUT2D eigenvalue weighted by molar-refractivity contribution is 0.0247. The van der Waals surface area contributed by atoms with Gasteiger partial charge in [0.15, 0.2) is 5.58 Å². The number of rotatable bonds is 2. The van der Waals surface area contributed by atoms with Crippen LogP contribution in [0.1, 0.15) is 96.9 Å². The molecular formula is C29H44N2O. The quantitative estimate of drug-likeness (QED) is 0.500. The molecule has 2 aromatic rings.